The molecule has 5 nitrogen and oxygen atoms in total. The quantitative estimate of drug-likeness (QED) is 0.827. The zero-order valence-electron chi connectivity index (χ0n) is 15.1. The zero-order chi connectivity index (χ0) is 18.8. The van der Waals surface area contributed by atoms with Crippen LogP contribution in [-0.4, -0.2) is 28.9 Å². The van der Waals surface area contributed by atoms with Gasteiger partial charge in [-0.2, -0.15) is 5.26 Å². The van der Waals surface area contributed by atoms with Gasteiger partial charge in [-0.15, -0.1) is 11.8 Å². The van der Waals surface area contributed by atoms with Crippen LogP contribution in [0.3, 0.4) is 0 Å². The topological polar surface area (TPSA) is 77.0 Å². The van der Waals surface area contributed by atoms with E-state index in [-0.39, 0.29) is 17.0 Å². The second-order valence-corrected chi connectivity index (χ2v) is 8.01. The third-order valence-corrected chi connectivity index (χ3v) is 6.47. The van der Waals surface area contributed by atoms with Gasteiger partial charge in [-0.05, 0) is 54.9 Å². The monoisotopic (exact) mass is 379 g/mol. The summed E-state index contributed by atoms with van der Waals surface area (Å²) in [5.74, 6) is 0.706. The Morgan fingerprint density at radius 1 is 1.15 bits per heavy atom. The van der Waals surface area contributed by atoms with Crippen molar-refractivity contribution in [3.05, 3.63) is 62.4 Å². The number of nitrogens with one attached hydrogen (secondary N) is 1. The van der Waals surface area contributed by atoms with Gasteiger partial charge in [-0.3, -0.25) is 9.59 Å². The number of thioether (sulfide) groups is 1. The fraction of sp³-hybridized carbons (Fsp3) is 0.381. The molecular formula is C21H21N3O2S. The van der Waals surface area contributed by atoms with E-state index in [1.807, 2.05) is 29.2 Å². The SMILES string of the molecule is N#Cc1c2c(c(SCc3ccccc3C(=O)N3CCC3)[nH]c1=O)CCCC2. The molecule has 27 heavy (non-hydrogen) atoms. The second kappa shape index (κ2) is 7.61. The van der Waals surface area contributed by atoms with Crippen LogP contribution in [0.5, 0.6) is 0 Å². The van der Waals surface area contributed by atoms with E-state index in [1.54, 1.807) is 11.8 Å². The summed E-state index contributed by atoms with van der Waals surface area (Å²) in [4.78, 5) is 29.7. The van der Waals surface area contributed by atoms with Gasteiger partial charge in [0.25, 0.3) is 11.5 Å². The molecule has 0 radical (unpaired) electrons. The van der Waals surface area contributed by atoms with Gasteiger partial charge >= 0.3 is 0 Å². The van der Waals surface area contributed by atoms with Crippen LogP contribution >= 0.6 is 11.8 Å². The highest BCUT2D eigenvalue weighted by Gasteiger charge is 2.24. The molecule has 0 saturated carbocycles. The van der Waals surface area contributed by atoms with Gasteiger partial charge in [0.1, 0.15) is 11.6 Å². The summed E-state index contributed by atoms with van der Waals surface area (Å²) >= 11 is 1.55. The summed E-state index contributed by atoms with van der Waals surface area (Å²) in [6, 6.07) is 9.77. The molecule has 2 aliphatic rings. The Hall–Kier alpha value is -2.52. The summed E-state index contributed by atoms with van der Waals surface area (Å²) in [5.41, 5.74) is 3.71. The lowest BCUT2D eigenvalue weighted by molar-refractivity contribution is 0.0651. The average molecular weight is 379 g/mol. The van der Waals surface area contributed by atoms with E-state index in [9.17, 15) is 14.9 Å². The number of carbonyl (C=O) groups excluding carboxylic acids is 1. The van der Waals surface area contributed by atoms with E-state index in [4.69, 9.17) is 0 Å². The molecule has 1 amide bonds. The first-order chi connectivity index (χ1) is 13.2. The summed E-state index contributed by atoms with van der Waals surface area (Å²) in [5, 5.41) is 10.2. The molecule has 138 valence electrons. The number of likely N-dealkylation sites (tertiary alicyclic amines) is 1. The van der Waals surface area contributed by atoms with Gasteiger partial charge in [-0.25, -0.2) is 0 Å². The molecule has 1 aliphatic heterocycles. The Morgan fingerprint density at radius 2 is 1.89 bits per heavy atom. The van der Waals surface area contributed by atoms with Gasteiger partial charge in [0, 0.05) is 24.4 Å². The number of rotatable bonds is 4. The number of nitrogens with zero attached hydrogens (tertiary/aromatic N) is 2. The maximum Gasteiger partial charge on any atom is 0.267 e. The van der Waals surface area contributed by atoms with E-state index in [0.29, 0.717) is 5.75 Å². The predicted molar refractivity (Wildman–Crippen MR) is 105 cm³/mol. The summed E-state index contributed by atoms with van der Waals surface area (Å²) in [6.45, 7) is 1.66. The highest BCUT2D eigenvalue weighted by atomic mass is 32.2. The lowest BCUT2D eigenvalue weighted by atomic mass is 9.90. The van der Waals surface area contributed by atoms with Crippen molar-refractivity contribution in [2.75, 3.05) is 13.1 Å². The fourth-order valence-electron chi connectivity index (χ4n) is 3.75. The summed E-state index contributed by atoms with van der Waals surface area (Å²) in [7, 11) is 0. The number of nitriles is 1. The number of hydrogen-bond acceptors (Lipinski definition) is 4. The highest BCUT2D eigenvalue weighted by molar-refractivity contribution is 7.98. The van der Waals surface area contributed by atoms with E-state index in [2.05, 4.69) is 11.1 Å². The largest absolute Gasteiger partial charge is 0.339 e. The van der Waals surface area contributed by atoms with Crippen molar-refractivity contribution in [1.29, 1.82) is 5.26 Å². The molecule has 2 heterocycles. The minimum atomic E-state index is -0.300. The fourth-order valence-corrected chi connectivity index (χ4v) is 4.86. The van der Waals surface area contributed by atoms with Crippen LogP contribution in [0.25, 0.3) is 0 Å². The maximum atomic E-state index is 12.7. The van der Waals surface area contributed by atoms with Crippen LogP contribution in [0.15, 0.2) is 34.1 Å². The van der Waals surface area contributed by atoms with Crippen LogP contribution in [0.1, 0.15) is 51.9 Å². The van der Waals surface area contributed by atoms with E-state index in [1.165, 1.54) is 0 Å². The van der Waals surface area contributed by atoms with Crippen molar-refractivity contribution in [2.24, 2.45) is 0 Å². The van der Waals surface area contributed by atoms with Gasteiger partial charge in [0.05, 0.1) is 5.03 Å². The van der Waals surface area contributed by atoms with Crippen molar-refractivity contribution in [2.45, 2.75) is 42.9 Å². The van der Waals surface area contributed by atoms with Crippen LogP contribution in [-0.2, 0) is 18.6 Å². The Morgan fingerprint density at radius 3 is 2.59 bits per heavy atom. The summed E-state index contributed by atoms with van der Waals surface area (Å²) in [6.07, 6.45) is 4.84. The number of H-pyrrole nitrogens is 1. The maximum absolute atomic E-state index is 12.7. The Bertz CT molecular complexity index is 986. The number of hydrogen-bond donors (Lipinski definition) is 1. The molecule has 4 rings (SSSR count). The Balaban J connectivity index is 1.62. The molecule has 2 aromatic rings. The number of amides is 1. The van der Waals surface area contributed by atoms with Crippen molar-refractivity contribution in [3.63, 3.8) is 0 Å². The summed E-state index contributed by atoms with van der Waals surface area (Å²) < 4.78 is 0. The van der Waals surface area contributed by atoms with Gasteiger partial charge in [0.15, 0.2) is 0 Å². The number of fused-ring (bicyclic) bond motifs is 1. The molecule has 1 aromatic carbocycles. The van der Waals surface area contributed by atoms with Gasteiger partial charge < -0.3 is 9.88 Å². The first-order valence-electron chi connectivity index (χ1n) is 9.37. The normalized spacial score (nSPS) is 15.6. The lowest BCUT2D eigenvalue weighted by Gasteiger charge is -2.31. The molecule has 1 aliphatic carbocycles. The smallest absolute Gasteiger partial charge is 0.267 e. The van der Waals surface area contributed by atoms with Crippen molar-refractivity contribution >= 4 is 17.7 Å². The number of aromatic amines is 1. The van der Waals surface area contributed by atoms with E-state index < -0.39 is 0 Å². The van der Waals surface area contributed by atoms with Crippen LogP contribution in [0, 0.1) is 11.3 Å². The molecule has 0 spiro atoms. The molecule has 1 aromatic heterocycles. The third kappa shape index (κ3) is 3.40. The third-order valence-electron chi connectivity index (χ3n) is 5.37. The van der Waals surface area contributed by atoms with Crippen molar-refractivity contribution in [3.8, 4) is 6.07 Å². The number of carbonyl (C=O) groups is 1. The Kier molecular flexibility index (Phi) is 5.04. The average Bonchev–Trinajstić information content (AvgIpc) is 2.65. The van der Waals surface area contributed by atoms with Crippen LogP contribution in [0.2, 0.25) is 0 Å². The highest BCUT2D eigenvalue weighted by Crippen LogP contribution is 2.32. The molecular weight excluding hydrogens is 358 g/mol. The number of aromatic nitrogens is 1. The minimum Gasteiger partial charge on any atom is -0.339 e. The molecule has 0 atom stereocenters. The van der Waals surface area contributed by atoms with Gasteiger partial charge in [0.2, 0.25) is 0 Å². The van der Waals surface area contributed by atoms with Crippen LogP contribution < -0.4 is 5.56 Å². The standard InChI is InChI=1S/C21H21N3O2S/c22-12-18-16-8-3-4-9-17(16)20(23-19(18)25)27-13-14-6-1-2-7-15(14)21(26)24-10-5-11-24/h1-2,6-7H,3-5,8-11,13H2,(H,23,25). The van der Waals surface area contributed by atoms with Gasteiger partial charge in [-0.1, -0.05) is 18.2 Å². The van der Waals surface area contributed by atoms with Crippen LogP contribution in [0.4, 0.5) is 0 Å². The Labute approximate surface area is 162 Å². The number of benzene rings is 1. The second-order valence-electron chi connectivity index (χ2n) is 7.03. The minimum absolute atomic E-state index is 0.0906. The molecule has 6 heteroatoms. The molecule has 1 saturated heterocycles. The molecule has 1 N–H and O–H groups in total. The van der Waals surface area contributed by atoms with E-state index in [0.717, 1.165) is 72.5 Å². The van der Waals surface area contributed by atoms with Crippen molar-refractivity contribution in [1.82, 2.24) is 9.88 Å². The zero-order valence-corrected chi connectivity index (χ0v) is 15.9. The molecule has 0 unspecified atom stereocenters. The number of pyridine rings is 1. The predicted octanol–water partition coefficient (Wildman–Crippen LogP) is 3.26. The first kappa shape index (κ1) is 17.9. The van der Waals surface area contributed by atoms with E-state index >= 15 is 0 Å². The van der Waals surface area contributed by atoms with Crippen molar-refractivity contribution < 1.29 is 4.79 Å². The first-order valence-corrected chi connectivity index (χ1v) is 10.4. The molecule has 0 bridgehead atoms. The lowest BCUT2D eigenvalue weighted by Crippen LogP contribution is -2.42. The molecule has 1 fully saturated rings.